The number of H-pyrrole nitrogens is 1. The van der Waals surface area contributed by atoms with E-state index in [0.717, 1.165) is 22.2 Å². The molecule has 3 nitrogen and oxygen atoms in total. The zero-order valence-corrected chi connectivity index (χ0v) is 10.6. The van der Waals surface area contributed by atoms with Crippen molar-refractivity contribution in [2.75, 3.05) is 5.73 Å². The minimum atomic E-state index is -0.0873. The number of aryl methyl sites for hydroxylation is 1. The number of nitrogen functional groups attached to an aromatic ring is 1. The quantitative estimate of drug-likeness (QED) is 0.652. The van der Waals surface area contributed by atoms with Crippen molar-refractivity contribution < 1.29 is 0 Å². The Labute approximate surface area is 110 Å². The van der Waals surface area contributed by atoms with Crippen molar-refractivity contribution in [1.29, 1.82) is 0 Å². The van der Waals surface area contributed by atoms with E-state index in [1.54, 1.807) is 0 Å². The molecule has 2 aromatic carbocycles. The van der Waals surface area contributed by atoms with Gasteiger partial charge in [0.05, 0.1) is 5.69 Å². The lowest BCUT2D eigenvalue weighted by Crippen LogP contribution is -2.07. The number of hydrogen-bond acceptors (Lipinski definition) is 2. The Morgan fingerprint density at radius 3 is 2.63 bits per heavy atom. The topological polar surface area (TPSA) is 58.9 Å². The molecule has 0 atom stereocenters. The highest BCUT2D eigenvalue weighted by atomic mass is 16.1. The molecule has 0 saturated heterocycles. The molecular weight excluding hydrogens is 236 g/mol. The minimum Gasteiger partial charge on any atom is -0.398 e. The Morgan fingerprint density at radius 1 is 1.05 bits per heavy atom. The molecule has 0 aliphatic heterocycles. The van der Waals surface area contributed by atoms with Gasteiger partial charge in [0.15, 0.2) is 0 Å². The molecule has 0 fully saturated rings. The maximum Gasteiger partial charge on any atom is 0.256 e. The van der Waals surface area contributed by atoms with Gasteiger partial charge in [-0.3, -0.25) is 4.79 Å². The molecular formula is C16H14N2O. The van der Waals surface area contributed by atoms with E-state index < -0.39 is 0 Å². The normalized spacial score (nSPS) is 10.8. The Kier molecular flexibility index (Phi) is 2.60. The number of aromatic nitrogens is 1. The van der Waals surface area contributed by atoms with E-state index in [4.69, 9.17) is 5.73 Å². The zero-order valence-electron chi connectivity index (χ0n) is 10.6. The highest BCUT2D eigenvalue weighted by molar-refractivity contribution is 5.87. The summed E-state index contributed by atoms with van der Waals surface area (Å²) in [4.78, 5) is 15.0. The molecule has 0 amide bonds. The smallest absolute Gasteiger partial charge is 0.256 e. The summed E-state index contributed by atoms with van der Waals surface area (Å²) in [5.41, 5.74) is 9.26. The molecule has 3 rings (SSSR count). The third-order valence-corrected chi connectivity index (χ3v) is 3.25. The molecule has 3 heteroatoms. The van der Waals surface area contributed by atoms with Crippen LogP contribution in [0.4, 0.5) is 5.69 Å². The van der Waals surface area contributed by atoms with Crippen LogP contribution in [0.25, 0.3) is 22.0 Å². The molecule has 3 aromatic rings. The molecule has 94 valence electrons. The van der Waals surface area contributed by atoms with Crippen molar-refractivity contribution in [3.8, 4) is 11.3 Å². The second-order valence-corrected chi connectivity index (χ2v) is 4.69. The predicted octanol–water partition coefficient (Wildman–Crippen LogP) is 3.09. The van der Waals surface area contributed by atoms with Gasteiger partial charge < -0.3 is 10.7 Å². The maximum atomic E-state index is 12.1. The van der Waals surface area contributed by atoms with Crippen molar-refractivity contribution in [1.82, 2.24) is 4.98 Å². The molecule has 1 heterocycles. The number of nitrogens with two attached hydrogens (primary N) is 1. The molecule has 1 aromatic heterocycles. The second-order valence-electron chi connectivity index (χ2n) is 4.69. The third kappa shape index (κ3) is 1.99. The first-order chi connectivity index (χ1) is 9.15. The van der Waals surface area contributed by atoms with Gasteiger partial charge in [-0.1, -0.05) is 35.9 Å². The number of benzene rings is 2. The Balaban J connectivity index is 2.32. The predicted molar refractivity (Wildman–Crippen MR) is 79.2 cm³/mol. The summed E-state index contributed by atoms with van der Waals surface area (Å²) in [6.07, 6.45) is 0. The van der Waals surface area contributed by atoms with E-state index in [-0.39, 0.29) is 5.56 Å². The lowest BCUT2D eigenvalue weighted by molar-refractivity contribution is 1.27. The Hall–Kier alpha value is -2.55. The van der Waals surface area contributed by atoms with Crippen LogP contribution in [0.3, 0.4) is 0 Å². The number of fused-ring (bicyclic) bond motifs is 1. The lowest BCUT2D eigenvalue weighted by Gasteiger charge is -2.07. The monoisotopic (exact) mass is 250 g/mol. The van der Waals surface area contributed by atoms with E-state index in [0.29, 0.717) is 11.1 Å². The SMILES string of the molecule is Cc1ccc2c(=O)[nH]c(-c3ccccc3N)cc2c1. The number of hydrogen-bond donors (Lipinski definition) is 2. The fourth-order valence-electron chi connectivity index (χ4n) is 2.28. The van der Waals surface area contributed by atoms with Gasteiger partial charge in [0.2, 0.25) is 0 Å². The number of para-hydroxylation sites is 1. The molecule has 0 bridgehead atoms. The third-order valence-electron chi connectivity index (χ3n) is 3.25. The van der Waals surface area contributed by atoms with E-state index in [1.165, 1.54) is 0 Å². The fourth-order valence-corrected chi connectivity index (χ4v) is 2.28. The van der Waals surface area contributed by atoms with Crippen molar-refractivity contribution >= 4 is 16.5 Å². The van der Waals surface area contributed by atoms with Crippen molar-refractivity contribution in [2.45, 2.75) is 6.92 Å². The zero-order chi connectivity index (χ0) is 13.4. The first kappa shape index (κ1) is 11.5. The summed E-state index contributed by atoms with van der Waals surface area (Å²) in [6, 6.07) is 15.3. The van der Waals surface area contributed by atoms with Crippen LogP contribution in [0.15, 0.2) is 53.3 Å². The molecule has 3 N–H and O–H groups in total. The summed E-state index contributed by atoms with van der Waals surface area (Å²) in [7, 11) is 0. The Morgan fingerprint density at radius 2 is 1.84 bits per heavy atom. The van der Waals surface area contributed by atoms with Crippen LogP contribution in [0, 0.1) is 6.92 Å². The van der Waals surface area contributed by atoms with Crippen molar-refractivity contribution in [2.24, 2.45) is 0 Å². The van der Waals surface area contributed by atoms with Crippen LogP contribution in [-0.2, 0) is 0 Å². The van der Waals surface area contributed by atoms with E-state index in [2.05, 4.69) is 4.98 Å². The number of aromatic amines is 1. The lowest BCUT2D eigenvalue weighted by atomic mass is 10.0. The van der Waals surface area contributed by atoms with Crippen LogP contribution >= 0.6 is 0 Å². The second kappa shape index (κ2) is 4.28. The standard InChI is InChI=1S/C16H14N2O/c1-10-6-7-12-11(8-10)9-15(18-16(12)19)13-4-2-3-5-14(13)17/h2-9H,17H2,1H3,(H,18,19). The molecule has 0 aliphatic rings. The van der Waals surface area contributed by atoms with Crippen LogP contribution in [0.1, 0.15) is 5.56 Å². The maximum absolute atomic E-state index is 12.1. The van der Waals surface area contributed by atoms with E-state index in [1.807, 2.05) is 55.5 Å². The van der Waals surface area contributed by atoms with Crippen LogP contribution in [-0.4, -0.2) is 4.98 Å². The Bertz CT molecular complexity index is 818. The van der Waals surface area contributed by atoms with Gasteiger partial charge in [0.25, 0.3) is 5.56 Å². The van der Waals surface area contributed by atoms with Gasteiger partial charge in [-0.05, 0) is 30.5 Å². The molecule has 0 radical (unpaired) electrons. The fraction of sp³-hybridized carbons (Fsp3) is 0.0625. The number of rotatable bonds is 1. The number of anilines is 1. The summed E-state index contributed by atoms with van der Waals surface area (Å²) in [5.74, 6) is 0. The highest BCUT2D eigenvalue weighted by Gasteiger charge is 2.06. The largest absolute Gasteiger partial charge is 0.398 e. The van der Waals surface area contributed by atoms with Gasteiger partial charge in [0.1, 0.15) is 0 Å². The van der Waals surface area contributed by atoms with Gasteiger partial charge in [-0.2, -0.15) is 0 Å². The van der Waals surface area contributed by atoms with Gasteiger partial charge >= 0.3 is 0 Å². The van der Waals surface area contributed by atoms with Crippen LogP contribution < -0.4 is 11.3 Å². The summed E-state index contributed by atoms with van der Waals surface area (Å²) in [6.45, 7) is 2.01. The average Bonchev–Trinajstić information content (AvgIpc) is 2.38. The highest BCUT2D eigenvalue weighted by Crippen LogP contribution is 2.25. The molecule has 0 spiro atoms. The molecule has 0 saturated carbocycles. The summed E-state index contributed by atoms with van der Waals surface area (Å²) >= 11 is 0. The van der Waals surface area contributed by atoms with Crippen molar-refractivity contribution in [3.05, 3.63) is 64.4 Å². The van der Waals surface area contributed by atoms with E-state index >= 15 is 0 Å². The average molecular weight is 250 g/mol. The molecule has 0 unspecified atom stereocenters. The summed E-state index contributed by atoms with van der Waals surface area (Å²) < 4.78 is 0. The first-order valence-electron chi connectivity index (χ1n) is 6.14. The first-order valence-corrected chi connectivity index (χ1v) is 6.14. The molecule has 19 heavy (non-hydrogen) atoms. The van der Waals surface area contributed by atoms with Gasteiger partial charge in [-0.15, -0.1) is 0 Å². The molecule has 0 aliphatic carbocycles. The summed E-state index contributed by atoms with van der Waals surface area (Å²) in [5, 5.41) is 1.63. The van der Waals surface area contributed by atoms with Crippen molar-refractivity contribution in [3.63, 3.8) is 0 Å². The number of pyridine rings is 1. The van der Waals surface area contributed by atoms with Gasteiger partial charge in [-0.25, -0.2) is 0 Å². The minimum absolute atomic E-state index is 0.0873. The van der Waals surface area contributed by atoms with Crippen LogP contribution in [0.2, 0.25) is 0 Å². The van der Waals surface area contributed by atoms with E-state index in [9.17, 15) is 4.79 Å². The van der Waals surface area contributed by atoms with Crippen LogP contribution in [0.5, 0.6) is 0 Å². The van der Waals surface area contributed by atoms with Gasteiger partial charge in [0, 0.05) is 16.6 Å². The number of nitrogens with one attached hydrogen (secondary N) is 1.